The van der Waals surface area contributed by atoms with Crippen molar-refractivity contribution < 1.29 is 9.53 Å². The highest BCUT2D eigenvalue weighted by Crippen LogP contribution is 2.28. The summed E-state index contributed by atoms with van der Waals surface area (Å²) in [5.41, 5.74) is 8.31. The first-order chi connectivity index (χ1) is 18.6. The van der Waals surface area contributed by atoms with Crippen LogP contribution in [0.4, 0.5) is 0 Å². The zero-order valence-corrected chi connectivity index (χ0v) is 22.5. The molecule has 198 valence electrons. The fraction of sp³-hybridized carbons (Fsp3) is 0.379. The Morgan fingerprint density at radius 2 is 1.92 bits per heavy atom. The molecule has 4 aromatic rings. The summed E-state index contributed by atoms with van der Waals surface area (Å²) < 4.78 is 7.09. The van der Waals surface area contributed by atoms with Gasteiger partial charge in [0.05, 0.1) is 18.3 Å². The van der Waals surface area contributed by atoms with E-state index in [1.165, 1.54) is 12.0 Å². The number of hydrogen-bond donors (Lipinski definition) is 1. The molecular formula is C29H33N5O3S. The first-order valence-electron chi connectivity index (χ1n) is 13.1. The van der Waals surface area contributed by atoms with Crippen LogP contribution in [0.3, 0.4) is 0 Å². The van der Waals surface area contributed by atoms with Gasteiger partial charge in [-0.3, -0.25) is 14.7 Å². The molecule has 0 unspecified atom stereocenters. The Bertz CT molecular complexity index is 1460. The van der Waals surface area contributed by atoms with Gasteiger partial charge in [-0.25, -0.2) is 9.78 Å². The number of para-hydroxylation sites is 1. The van der Waals surface area contributed by atoms with Gasteiger partial charge in [0.1, 0.15) is 10.7 Å². The molecule has 1 aliphatic heterocycles. The summed E-state index contributed by atoms with van der Waals surface area (Å²) in [6, 6.07) is 13.4. The predicted molar refractivity (Wildman–Crippen MR) is 150 cm³/mol. The third-order valence-corrected chi connectivity index (χ3v) is 8.26. The Hall–Kier alpha value is -3.40. The van der Waals surface area contributed by atoms with Crippen LogP contribution in [0.25, 0.3) is 21.6 Å². The van der Waals surface area contributed by atoms with E-state index in [1.807, 2.05) is 53.2 Å². The van der Waals surface area contributed by atoms with Crippen LogP contribution in [0.15, 0.2) is 59.7 Å². The van der Waals surface area contributed by atoms with Crippen molar-refractivity contribution in [1.82, 2.24) is 19.4 Å². The second-order valence-corrected chi connectivity index (χ2v) is 10.8. The second-order valence-electron chi connectivity index (χ2n) is 9.73. The molecule has 2 N–H and O–H groups in total. The molecule has 5 rings (SSSR count). The molecule has 1 aromatic carbocycles. The van der Waals surface area contributed by atoms with Gasteiger partial charge in [0.15, 0.2) is 5.43 Å². The van der Waals surface area contributed by atoms with Crippen molar-refractivity contribution in [3.05, 3.63) is 81.2 Å². The molecule has 1 aliphatic rings. The molecule has 1 saturated heterocycles. The van der Waals surface area contributed by atoms with Crippen LogP contribution in [-0.2, 0) is 24.2 Å². The van der Waals surface area contributed by atoms with Crippen LogP contribution in [-0.4, -0.2) is 52.1 Å². The molecule has 0 saturated carbocycles. The number of aryl methyl sites for hydroxylation is 1. The molecule has 0 spiro atoms. The third-order valence-electron chi connectivity index (χ3n) is 7.25. The lowest BCUT2D eigenvalue weighted by molar-refractivity contribution is 0.0585. The van der Waals surface area contributed by atoms with Crippen molar-refractivity contribution in [3.63, 3.8) is 0 Å². The highest BCUT2D eigenvalue weighted by atomic mass is 32.1. The summed E-state index contributed by atoms with van der Waals surface area (Å²) in [7, 11) is 1.37. The van der Waals surface area contributed by atoms with Crippen molar-refractivity contribution >= 4 is 28.2 Å². The highest BCUT2D eigenvalue weighted by Gasteiger charge is 2.27. The summed E-state index contributed by atoms with van der Waals surface area (Å²) >= 11 is 1.68. The lowest BCUT2D eigenvalue weighted by Gasteiger charge is -2.32. The van der Waals surface area contributed by atoms with E-state index in [1.54, 1.807) is 17.5 Å². The molecule has 0 amide bonds. The smallest absolute Gasteiger partial charge is 0.355 e. The number of aromatic nitrogens is 3. The van der Waals surface area contributed by atoms with Crippen LogP contribution in [0.5, 0.6) is 0 Å². The van der Waals surface area contributed by atoms with Crippen LogP contribution in [0, 0.1) is 5.92 Å². The Morgan fingerprint density at radius 3 is 2.66 bits per heavy atom. The number of fused-ring (bicyclic) bond motifs is 1. The SMILES string of the molecule is COC(=O)c1c(CC2CCN(Cc3cnc(-c4ccccn4)s3)CC2)c(=O)c2ccccc2n1CCCN. The number of likely N-dealkylation sites (tertiary alicyclic amines) is 1. The van der Waals surface area contributed by atoms with Gasteiger partial charge >= 0.3 is 5.97 Å². The van der Waals surface area contributed by atoms with Gasteiger partial charge in [0.2, 0.25) is 0 Å². The van der Waals surface area contributed by atoms with E-state index in [0.717, 1.165) is 48.7 Å². The number of esters is 1. The quantitative estimate of drug-likeness (QED) is 0.324. The van der Waals surface area contributed by atoms with Crippen molar-refractivity contribution in [1.29, 1.82) is 0 Å². The number of nitrogens with zero attached hydrogens (tertiary/aromatic N) is 4. The van der Waals surface area contributed by atoms with Crippen LogP contribution in [0.1, 0.15) is 40.2 Å². The molecule has 1 fully saturated rings. The Balaban J connectivity index is 1.33. The van der Waals surface area contributed by atoms with Crippen LogP contribution < -0.4 is 11.2 Å². The largest absolute Gasteiger partial charge is 0.464 e. The minimum absolute atomic E-state index is 0.0702. The van der Waals surface area contributed by atoms with Crippen molar-refractivity contribution in [3.8, 4) is 10.7 Å². The summed E-state index contributed by atoms with van der Waals surface area (Å²) in [6.07, 6.45) is 6.92. The molecule has 9 heteroatoms. The van der Waals surface area contributed by atoms with E-state index in [0.29, 0.717) is 48.5 Å². The maximum absolute atomic E-state index is 13.6. The van der Waals surface area contributed by atoms with Crippen LogP contribution >= 0.6 is 11.3 Å². The maximum Gasteiger partial charge on any atom is 0.355 e. The second kappa shape index (κ2) is 12.0. The van der Waals surface area contributed by atoms with Gasteiger partial charge in [-0.05, 0) is 75.5 Å². The van der Waals surface area contributed by atoms with E-state index in [4.69, 9.17) is 10.5 Å². The monoisotopic (exact) mass is 531 g/mol. The number of ether oxygens (including phenoxy) is 1. The van der Waals surface area contributed by atoms with Gasteiger partial charge in [-0.15, -0.1) is 11.3 Å². The van der Waals surface area contributed by atoms with Crippen molar-refractivity contribution in [2.24, 2.45) is 11.7 Å². The number of pyridine rings is 2. The van der Waals surface area contributed by atoms with Crippen molar-refractivity contribution in [2.45, 2.75) is 38.8 Å². The van der Waals surface area contributed by atoms with Gasteiger partial charge in [0, 0.05) is 41.3 Å². The number of thiazole rings is 1. The summed E-state index contributed by atoms with van der Waals surface area (Å²) in [5.74, 6) is -0.150. The Kier molecular flexibility index (Phi) is 8.26. The first-order valence-corrected chi connectivity index (χ1v) is 13.9. The van der Waals surface area contributed by atoms with E-state index in [-0.39, 0.29) is 5.43 Å². The molecule has 0 aliphatic carbocycles. The third kappa shape index (κ3) is 5.55. The van der Waals surface area contributed by atoms with Gasteiger partial charge in [-0.2, -0.15) is 0 Å². The molecule has 0 bridgehead atoms. The average Bonchev–Trinajstić information content (AvgIpc) is 3.43. The Labute approximate surface area is 226 Å². The normalized spacial score (nSPS) is 14.7. The average molecular weight is 532 g/mol. The number of piperidine rings is 1. The number of rotatable bonds is 9. The van der Waals surface area contributed by atoms with Crippen LogP contribution in [0.2, 0.25) is 0 Å². The number of carbonyl (C=O) groups is 1. The highest BCUT2D eigenvalue weighted by molar-refractivity contribution is 7.14. The molecule has 0 radical (unpaired) electrons. The standard InChI is InChI=1S/C29H33N5O3S/c1-37-29(36)26-23(27(35)22-7-2-3-9-25(22)34(26)14-6-12-30)17-20-10-15-33(16-11-20)19-21-18-32-28(38-21)24-8-4-5-13-31-24/h2-5,7-9,13,18,20H,6,10-12,14-17,19,30H2,1H3. The number of benzene rings is 1. The van der Waals surface area contributed by atoms with E-state index >= 15 is 0 Å². The van der Waals surface area contributed by atoms with Gasteiger partial charge < -0.3 is 15.0 Å². The summed E-state index contributed by atoms with van der Waals surface area (Å²) in [4.78, 5) is 39.2. The maximum atomic E-state index is 13.6. The molecule has 3 aromatic heterocycles. The topological polar surface area (TPSA) is 103 Å². The predicted octanol–water partition coefficient (Wildman–Crippen LogP) is 4.11. The number of carbonyl (C=O) groups excluding carboxylic acids is 1. The fourth-order valence-electron chi connectivity index (χ4n) is 5.30. The zero-order valence-electron chi connectivity index (χ0n) is 21.6. The number of nitrogens with two attached hydrogens (primary N) is 1. The molecule has 8 nitrogen and oxygen atoms in total. The molecule has 4 heterocycles. The van der Waals surface area contributed by atoms with Crippen molar-refractivity contribution in [2.75, 3.05) is 26.7 Å². The van der Waals surface area contributed by atoms with Gasteiger partial charge in [-0.1, -0.05) is 18.2 Å². The molecule has 38 heavy (non-hydrogen) atoms. The molecular weight excluding hydrogens is 498 g/mol. The van der Waals surface area contributed by atoms with E-state index < -0.39 is 5.97 Å². The lowest BCUT2D eigenvalue weighted by atomic mass is 9.88. The number of methoxy groups -OCH3 is 1. The number of hydrogen-bond acceptors (Lipinski definition) is 8. The van der Waals surface area contributed by atoms with E-state index in [2.05, 4.69) is 14.9 Å². The van der Waals surface area contributed by atoms with E-state index in [9.17, 15) is 9.59 Å². The zero-order chi connectivity index (χ0) is 26.5. The summed E-state index contributed by atoms with van der Waals surface area (Å²) in [6.45, 7) is 3.78. The van der Waals surface area contributed by atoms with Gasteiger partial charge in [0.25, 0.3) is 0 Å². The Morgan fingerprint density at radius 1 is 1.13 bits per heavy atom. The minimum atomic E-state index is -0.466. The minimum Gasteiger partial charge on any atom is -0.464 e. The summed E-state index contributed by atoms with van der Waals surface area (Å²) in [5, 5.41) is 1.58. The first kappa shape index (κ1) is 26.2. The molecule has 0 atom stereocenters. The lowest BCUT2D eigenvalue weighted by Crippen LogP contribution is -2.35. The fourth-order valence-corrected chi connectivity index (χ4v) is 6.23.